The van der Waals surface area contributed by atoms with Gasteiger partial charge in [-0.05, 0) is 31.0 Å². The third-order valence-corrected chi connectivity index (χ3v) is 2.08. The van der Waals surface area contributed by atoms with E-state index in [-0.39, 0.29) is 11.1 Å². The fraction of sp³-hybridized carbons (Fsp3) is 0.400. The maximum atomic E-state index is 11.9. The monoisotopic (exact) mass is 253 g/mol. The number of benzene rings is 1. The predicted octanol–water partition coefficient (Wildman–Crippen LogP) is 3.13. The molecule has 1 rings (SSSR count). The normalized spacial score (nSPS) is 13.6. The molecule has 0 heterocycles. The standard InChI is InChI=1S/C10H11ClF3NO/c1-6(15)4-7-2-3-9(8(11)5-7)16-10(12,13)14/h2-3,5-6H,4,15H2,1H3/t6-/m0/s1. The molecule has 90 valence electrons. The van der Waals surface area contributed by atoms with Crippen molar-refractivity contribution >= 4 is 11.6 Å². The first-order chi connectivity index (χ1) is 7.28. The van der Waals surface area contributed by atoms with Crippen LogP contribution in [0.1, 0.15) is 12.5 Å². The molecule has 0 radical (unpaired) electrons. The van der Waals surface area contributed by atoms with E-state index in [0.717, 1.165) is 5.56 Å². The van der Waals surface area contributed by atoms with E-state index in [4.69, 9.17) is 17.3 Å². The van der Waals surface area contributed by atoms with Gasteiger partial charge in [-0.1, -0.05) is 17.7 Å². The lowest BCUT2D eigenvalue weighted by Crippen LogP contribution is -2.18. The van der Waals surface area contributed by atoms with Gasteiger partial charge in [0.1, 0.15) is 5.75 Å². The van der Waals surface area contributed by atoms with Crippen molar-refractivity contribution in [2.24, 2.45) is 5.73 Å². The van der Waals surface area contributed by atoms with Crippen LogP contribution in [0.3, 0.4) is 0 Å². The smallest absolute Gasteiger partial charge is 0.404 e. The molecule has 0 spiro atoms. The highest BCUT2D eigenvalue weighted by Crippen LogP contribution is 2.30. The molecule has 0 bridgehead atoms. The van der Waals surface area contributed by atoms with Gasteiger partial charge in [-0.25, -0.2) is 0 Å². The van der Waals surface area contributed by atoms with Gasteiger partial charge in [-0.3, -0.25) is 0 Å². The van der Waals surface area contributed by atoms with E-state index in [9.17, 15) is 13.2 Å². The highest BCUT2D eigenvalue weighted by molar-refractivity contribution is 6.32. The molecule has 0 unspecified atom stereocenters. The Morgan fingerprint density at radius 2 is 2.06 bits per heavy atom. The molecule has 1 atom stereocenters. The maximum absolute atomic E-state index is 11.9. The van der Waals surface area contributed by atoms with E-state index >= 15 is 0 Å². The second-order valence-electron chi connectivity index (χ2n) is 3.49. The molecular formula is C10H11ClF3NO. The molecule has 1 aromatic carbocycles. The van der Waals surface area contributed by atoms with Crippen molar-refractivity contribution in [3.63, 3.8) is 0 Å². The average molecular weight is 254 g/mol. The third-order valence-electron chi connectivity index (χ3n) is 1.78. The zero-order valence-corrected chi connectivity index (χ0v) is 9.27. The fourth-order valence-corrected chi connectivity index (χ4v) is 1.49. The van der Waals surface area contributed by atoms with Gasteiger partial charge in [0.2, 0.25) is 0 Å². The van der Waals surface area contributed by atoms with Crippen LogP contribution in [0, 0.1) is 0 Å². The van der Waals surface area contributed by atoms with Crippen molar-refractivity contribution in [2.75, 3.05) is 0 Å². The lowest BCUT2D eigenvalue weighted by Gasteiger charge is -2.12. The highest BCUT2D eigenvalue weighted by atomic mass is 35.5. The summed E-state index contributed by atoms with van der Waals surface area (Å²) in [6.45, 7) is 1.80. The lowest BCUT2D eigenvalue weighted by molar-refractivity contribution is -0.274. The number of alkyl halides is 3. The number of ether oxygens (including phenoxy) is 1. The summed E-state index contributed by atoms with van der Waals surface area (Å²) in [7, 11) is 0. The quantitative estimate of drug-likeness (QED) is 0.898. The summed E-state index contributed by atoms with van der Waals surface area (Å²) in [5.74, 6) is -0.400. The van der Waals surface area contributed by atoms with Gasteiger partial charge in [0, 0.05) is 6.04 Å². The summed E-state index contributed by atoms with van der Waals surface area (Å²) < 4.78 is 39.5. The van der Waals surface area contributed by atoms with Gasteiger partial charge in [0.15, 0.2) is 0 Å². The van der Waals surface area contributed by atoms with Crippen LogP contribution >= 0.6 is 11.6 Å². The molecule has 0 amide bonds. The fourth-order valence-electron chi connectivity index (χ4n) is 1.25. The predicted molar refractivity (Wildman–Crippen MR) is 55.5 cm³/mol. The number of hydrogen-bond donors (Lipinski definition) is 1. The zero-order chi connectivity index (χ0) is 12.3. The highest BCUT2D eigenvalue weighted by Gasteiger charge is 2.31. The van der Waals surface area contributed by atoms with Crippen LogP contribution in [0.2, 0.25) is 5.02 Å². The molecule has 0 saturated heterocycles. The number of halogens is 4. The van der Waals surface area contributed by atoms with Crippen LogP contribution in [0.5, 0.6) is 5.75 Å². The Balaban J connectivity index is 2.83. The minimum Gasteiger partial charge on any atom is -0.404 e. The van der Waals surface area contributed by atoms with E-state index in [1.54, 1.807) is 6.92 Å². The van der Waals surface area contributed by atoms with Crippen molar-refractivity contribution in [1.82, 2.24) is 0 Å². The number of hydrogen-bond acceptors (Lipinski definition) is 2. The van der Waals surface area contributed by atoms with E-state index in [1.807, 2.05) is 0 Å². The summed E-state index contributed by atoms with van der Waals surface area (Å²) in [4.78, 5) is 0. The molecule has 0 fully saturated rings. The van der Waals surface area contributed by atoms with Gasteiger partial charge in [-0.2, -0.15) is 0 Å². The van der Waals surface area contributed by atoms with E-state index in [0.29, 0.717) is 6.42 Å². The van der Waals surface area contributed by atoms with E-state index in [1.165, 1.54) is 18.2 Å². The Kier molecular flexibility index (Phi) is 4.04. The SMILES string of the molecule is C[C@H](N)Cc1ccc(OC(F)(F)F)c(Cl)c1. The summed E-state index contributed by atoms with van der Waals surface area (Å²) in [5.41, 5.74) is 6.33. The Bertz CT molecular complexity index is 366. The molecule has 0 saturated carbocycles. The zero-order valence-electron chi connectivity index (χ0n) is 8.51. The van der Waals surface area contributed by atoms with Crippen molar-refractivity contribution in [2.45, 2.75) is 25.7 Å². The minimum atomic E-state index is -4.73. The van der Waals surface area contributed by atoms with Gasteiger partial charge in [0.25, 0.3) is 0 Å². The third kappa shape index (κ3) is 4.28. The van der Waals surface area contributed by atoms with Crippen LogP contribution in [0.15, 0.2) is 18.2 Å². The van der Waals surface area contributed by atoms with E-state index < -0.39 is 12.1 Å². The number of rotatable bonds is 3. The van der Waals surface area contributed by atoms with Crippen molar-refractivity contribution in [1.29, 1.82) is 0 Å². The van der Waals surface area contributed by atoms with Crippen LogP contribution in [0.25, 0.3) is 0 Å². The first kappa shape index (κ1) is 13.1. The minimum absolute atomic E-state index is 0.0736. The Hall–Kier alpha value is -0.940. The van der Waals surface area contributed by atoms with Gasteiger partial charge in [-0.15, -0.1) is 13.2 Å². The Morgan fingerprint density at radius 3 is 2.50 bits per heavy atom. The summed E-state index contributed by atoms with van der Waals surface area (Å²) in [6, 6.07) is 4.04. The van der Waals surface area contributed by atoms with Crippen LogP contribution in [-0.4, -0.2) is 12.4 Å². The van der Waals surface area contributed by atoms with Crippen molar-refractivity contribution in [3.8, 4) is 5.75 Å². The Morgan fingerprint density at radius 1 is 1.44 bits per heavy atom. The lowest BCUT2D eigenvalue weighted by atomic mass is 10.1. The van der Waals surface area contributed by atoms with E-state index in [2.05, 4.69) is 4.74 Å². The van der Waals surface area contributed by atoms with Crippen molar-refractivity contribution < 1.29 is 17.9 Å². The van der Waals surface area contributed by atoms with Gasteiger partial charge >= 0.3 is 6.36 Å². The molecule has 0 aromatic heterocycles. The van der Waals surface area contributed by atoms with Crippen LogP contribution < -0.4 is 10.5 Å². The summed E-state index contributed by atoms with van der Waals surface area (Å²) in [6.07, 6.45) is -4.18. The summed E-state index contributed by atoms with van der Waals surface area (Å²) in [5, 5.41) is -0.0736. The maximum Gasteiger partial charge on any atom is 0.573 e. The molecule has 2 N–H and O–H groups in total. The second-order valence-corrected chi connectivity index (χ2v) is 3.90. The first-order valence-electron chi connectivity index (χ1n) is 4.57. The molecule has 16 heavy (non-hydrogen) atoms. The van der Waals surface area contributed by atoms with Gasteiger partial charge < -0.3 is 10.5 Å². The van der Waals surface area contributed by atoms with Gasteiger partial charge in [0.05, 0.1) is 5.02 Å². The summed E-state index contributed by atoms with van der Waals surface area (Å²) >= 11 is 5.65. The molecule has 0 aliphatic heterocycles. The Labute approximate surface area is 96.1 Å². The largest absolute Gasteiger partial charge is 0.573 e. The van der Waals surface area contributed by atoms with Crippen LogP contribution in [0.4, 0.5) is 13.2 Å². The molecular weight excluding hydrogens is 243 g/mol. The molecule has 0 aliphatic carbocycles. The van der Waals surface area contributed by atoms with Crippen LogP contribution in [-0.2, 0) is 6.42 Å². The molecule has 2 nitrogen and oxygen atoms in total. The first-order valence-corrected chi connectivity index (χ1v) is 4.95. The molecule has 0 aliphatic rings. The number of nitrogens with two attached hydrogens (primary N) is 1. The topological polar surface area (TPSA) is 35.2 Å². The van der Waals surface area contributed by atoms with Crippen molar-refractivity contribution in [3.05, 3.63) is 28.8 Å². The average Bonchev–Trinajstić information content (AvgIpc) is 2.06. The molecule has 6 heteroatoms. The molecule has 1 aromatic rings. The second kappa shape index (κ2) is 4.93.